The maximum atomic E-state index is 3.94. The molecular weight excluding hydrogens is 244 g/mol. The Hall–Kier alpha value is -0.0800. The van der Waals surface area contributed by atoms with Gasteiger partial charge in [0, 0.05) is 31.2 Å². The summed E-state index contributed by atoms with van der Waals surface area (Å²) in [6, 6.07) is 2.53. The fourth-order valence-electron chi connectivity index (χ4n) is 4.98. The van der Waals surface area contributed by atoms with Crippen molar-refractivity contribution in [3.63, 3.8) is 0 Å². The van der Waals surface area contributed by atoms with Crippen molar-refractivity contribution in [1.82, 2.24) is 10.2 Å². The molecule has 2 nitrogen and oxygen atoms in total. The van der Waals surface area contributed by atoms with E-state index in [1.165, 1.54) is 83.7 Å². The first-order valence-corrected chi connectivity index (χ1v) is 9.37. The Morgan fingerprint density at radius 3 is 2.35 bits per heavy atom. The summed E-state index contributed by atoms with van der Waals surface area (Å²) in [4.78, 5) is 2.94. The molecular formula is C18H34N2. The fourth-order valence-corrected chi connectivity index (χ4v) is 4.98. The maximum absolute atomic E-state index is 3.94. The third kappa shape index (κ3) is 3.39. The molecule has 3 aliphatic rings. The van der Waals surface area contributed by atoms with Gasteiger partial charge in [0.2, 0.25) is 0 Å². The quantitative estimate of drug-likeness (QED) is 0.837. The smallest absolute Gasteiger partial charge is 0.0224 e. The summed E-state index contributed by atoms with van der Waals surface area (Å²) in [6.45, 7) is 4.95. The zero-order valence-electron chi connectivity index (χ0n) is 13.4. The van der Waals surface area contributed by atoms with E-state index in [0.29, 0.717) is 0 Å². The highest BCUT2D eigenvalue weighted by atomic mass is 15.3. The zero-order chi connectivity index (χ0) is 13.8. The third-order valence-corrected chi connectivity index (χ3v) is 6.13. The molecule has 0 bridgehead atoms. The van der Waals surface area contributed by atoms with Gasteiger partial charge in [0.1, 0.15) is 0 Å². The van der Waals surface area contributed by atoms with E-state index in [1.807, 2.05) is 0 Å². The molecule has 1 heterocycles. The zero-order valence-corrected chi connectivity index (χ0v) is 13.4. The largest absolute Gasteiger partial charge is 0.311 e. The van der Waals surface area contributed by atoms with Crippen molar-refractivity contribution in [3.8, 4) is 0 Å². The molecule has 3 fully saturated rings. The van der Waals surface area contributed by atoms with Gasteiger partial charge in [-0.3, -0.25) is 4.90 Å². The maximum Gasteiger partial charge on any atom is 0.0224 e. The van der Waals surface area contributed by atoms with Crippen LogP contribution in [0.4, 0.5) is 0 Å². The van der Waals surface area contributed by atoms with Crippen molar-refractivity contribution in [3.05, 3.63) is 0 Å². The molecule has 0 aromatic carbocycles. The van der Waals surface area contributed by atoms with Gasteiger partial charge >= 0.3 is 0 Å². The molecule has 0 radical (unpaired) electrons. The average Bonchev–Trinajstić information content (AvgIpc) is 3.03. The van der Waals surface area contributed by atoms with Crippen molar-refractivity contribution < 1.29 is 0 Å². The Balaban J connectivity index is 1.62. The average molecular weight is 278 g/mol. The molecule has 0 aromatic heterocycles. The Kier molecular flexibility index (Phi) is 5.39. The minimum atomic E-state index is 0.795. The van der Waals surface area contributed by atoms with Gasteiger partial charge in [-0.15, -0.1) is 0 Å². The lowest BCUT2D eigenvalue weighted by atomic mass is 9.82. The molecule has 0 aromatic rings. The van der Waals surface area contributed by atoms with Crippen LogP contribution in [0.15, 0.2) is 0 Å². The molecule has 2 heteroatoms. The standard InChI is InChI=1S/C18H34N2/c1-2-8-17-13-19-18(15-9-4-3-5-10-15)14-20(17)16-11-6-7-12-16/h15-19H,2-14H2,1H3. The summed E-state index contributed by atoms with van der Waals surface area (Å²) in [7, 11) is 0. The Morgan fingerprint density at radius 1 is 0.950 bits per heavy atom. The lowest BCUT2D eigenvalue weighted by molar-refractivity contribution is 0.0552. The first-order chi connectivity index (χ1) is 9.88. The molecule has 0 amide bonds. The van der Waals surface area contributed by atoms with Gasteiger partial charge in [-0.1, -0.05) is 45.4 Å². The van der Waals surface area contributed by atoms with Crippen LogP contribution in [0.5, 0.6) is 0 Å². The van der Waals surface area contributed by atoms with Crippen molar-refractivity contribution in [2.75, 3.05) is 13.1 Å². The van der Waals surface area contributed by atoms with Gasteiger partial charge in [-0.25, -0.2) is 0 Å². The number of hydrogen-bond donors (Lipinski definition) is 1. The van der Waals surface area contributed by atoms with Crippen LogP contribution < -0.4 is 5.32 Å². The van der Waals surface area contributed by atoms with E-state index in [9.17, 15) is 0 Å². The minimum absolute atomic E-state index is 0.795. The third-order valence-electron chi connectivity index (χ3n) is 6.13. The SMILES string of the molecule is CCCC1CNC(C2CCCCC2)CN1C1CCCC1. The summed E-state index contributed by atoms with van der Waals surface area (Å²) in [6.07, 6.45) is 16.0. The van der Waals surface area contributed by atoms with Crippen molar-refractivity contribution in [2.24, 2.45) is 5.92 Å². The number of piperazine rings is 1. The van der Waals surface area contributed by atoms with Gasteiger partial charge in [0.15, 0.2) is 0 Å². The number of rotatable bonds is 4. The number of hydrogen-bond acceptors (Lipinski definition) is 2. The summed E-state index contributed by atoms with van der Waals surface area (Å²) < 4.78 is 0. The molecule has 2 unspecified atom stereocenters. The van der Waals surface area contributed by atoms with Crippen LogP contribution in [0.1, 0.15) is 77.6 Å². The molecule has 2 saturated carbocycles. The summed E-state index contributed by atoms with van der Waals surface area (Å²) in [5.74, 6) is 0.968. The Morgan fingerprint density at radius 2 is 1.65 bits per heavy atom. The second-order valence-electron chi connectivity index (χ2n) is 7.49. The van der Waals surface area contributed by atoms with Gasteiger partial charge in [0.05, 0.1) is 0 Å². The normalized spacial score (nSPS) is 34.6. The highest BCUT2D eigenvalue weighted by Gasteiger charge is 2.36. The van der Waals surface area contributed by atoms with E-state index < -0.39 is 0 Å². The van der Waals surface area contributed by atoms with E-state index in [4.69, 9.17) is 0 Å². The van der Waals surface area contributed by atoms with Crippen LogP contribution in [0.2, 0.25) is 0 Å². The van der Waals surface area contributed by atoms with Gasteiger partial charge < -0.3 is 5.32 Å². The van der Waals surface area contributed by atoms with E-state index in [-0.39, 0.29) is 0 Å². The highest BCUT2D eigenvalue weighted by Crippen LogP contribution is 2.32. The monoisotopic (exact) mass is 278 g/mol. The van der Waals surface area contributed by atoms with Crippen LogP contribution in [0.25, 0.3) is 0 Å². The lowest BCUT2D eigenvalue weighted by Gasteiger charge is -2.46. The predicted octanol–water partition coefficient (Wildman–Crippen LogP) is 3.95. The van der Waals surface area contributed by atoms with E-state index in [0.717, 1.165) is 24.0 Å². The molecule has 116 valence electrons. The second kappa shape index (κ2) is 7.26. The summed E-state index contributed by atoms with van der Waals surface area (Å²) in [5, 5.41) is 3.94. The van der Waals surface area contributed by atoms with E-state index >= 15 is 0 Å². The molecule has 1 N–H and O–H groups in total. The number of nitrogens with one attached hydrogen (secondary N) is 1. The molecule has 20 heavy (non-hydrogen) atoms. The van der Waals surface area contributed by atoms with E-state index in [2.05, 4.69) is 17.1 Å². The molecule has 1 aliphatic heterocycles. The van der Waals surface area contributed by atoms with Crippen LogP contribution in [-0.2, 0) is 0 Å². The first-order valence-electron chi connectivity index (χ1n) is 9.37. The van der Waals surface area contributed by atoms with E-state index in [1.54, 1.807) is 0 Å². The van der Waals surface area contributed by atoms with Crippen molar-refractivity contribution >= 4 is 0 Å². The molecule has 2 atom stereocenters. The predicted molar refractivity (Wildman–Crippen MR) is 86.0 cm³/mol. The van der Waals surface area contributed by atoms with Crippen LogP contribution in [0, 0.1) is 5.92 Å². The van der Waals surface area contributed by atoms with Crippen molar-refractivity contribution in [2.45, 2.75) is 95.7 Å². The fraction of sp³-hybridized carbons (Fsp3) is 1.00. The minimum Gasteiger partial charge on any atom is -0.311 e. The molecule has 2 aliphatic carbocycles. The van der Waals surface area contributed by atoms with Crippen LogP contribution >= 0.6 is 0 Å². The van der Waals surface area contributed by atoms with Crippen molar-refractivity contribution in [1.29, 1.82) is 0 Å². The van der Waals surface area contributed by atoms with Crippen LogP contribution in [0.3, 0.4) is 0 Å². The Labute approximate surface area is 125 Å². The second-order valence-corrected chi connectivity index (χ2v) is 7.49. The number of nitrogens with zero attached hydrogens (tertiary/aromatic N) is 1. The molecule has 0 spiro atoms. The summed E-state index contributed by atoms with van der Waals surface area (Å²) >= 11 is 0. The summed E-state index contributed by atoms with van der Waals surface area (Å²) in [5.41, 5.74) is 0. The Bertz CT molecular complexity index is 279. The van der Waals surface area contributed by atoms with Gasteiger partial charge in [0.25, 0.3) is 0 Å². The highest BCUT2D eigenvalue weighted by molar-refractivity contribution is 4.94. The topological polar surface area (TPSA) is 15.3 Å². The lowest BCUT2D eigenvalue weighted by Crippen LogP contribution is -2.61. The molecule has 1 saturated heterocycles. The van der Waals surface area contributed by atoms with Gasteiger partial charge in [-0.05, 0) is 38.0 Å². The first kappa shape index (κ1) is 14.8. The van der Waals surface area contributed by atoms with Crippen LogP contribution in [-0.4, -0.2) is 36.1 Å². The van der Waals surface area contributed by atoms with Gasteiger partial charge in [-0.2, -0.15) is 0 Å². The molecule has 3 rings (SSSR count).